The summed E-state index contributed by atoms with van der Waals surface area (Å²) >= 11 is 0. The molecule has 1 N–H and O–H groups in total. The highest BCUT2D eigenvalue weighted by atomic mass is 19.3. The number of hydrogen-bond acceptors (Lipinski definition) is 4. The van der Waals surface area contributed by atoms with E-state index < -0.39 is 12.5 Å². The van der Waals surface area contributed by atoms with Gasteiger partial charge in [0.1, 0.15) is 11.9 Å². The molecule has 3 fully saturated rings. The van der Waals surface area contributed by atoms with E-state index in [1.54, 1.807) is 12.1 Å². The first kappa shape index (κ1) is 22.1. The molecule has 0 spiro atoms. The molecule has 4 aliphatic rings. The molecule has 0 radical (unpaired) electrons. The fraction of sp³-hybridized carbons (Fsp3) is 0.500. The third-order valence-corrected chi connectivity index (χ3v) is 7.29. The average Bonchev–Trinajstić information content (AvgIpc) is 2.81. The number of piperidine rings is 3. The molecule has 33 heavy (non-hydrogen) atoms. The van der Waals surface area contributed by atoms with E-state index in [-0.39, 0.29) is 23.1 Å². The molecule has 2 aromatic carbocycles. The summed E-state index contributed by atoms with van der Waals surface area (Å²) in [6.07, 6.45) is -0.804. The van der Waals surface area contributed by atoms with Crippen LogP contribution in [0.3, 0.4) is 0 Å². The van der Waals surface area contributed by atoms with Gasteiger partial charge in [0.2, 0.25) is 0 Å². The van der Waals surface area contributed by atoms with E-state index in [2.05, 4.69) is 24.1 Å². The van der Waals surface area contributed by atoms with Crippen LogP contribution < -0.4 is 10.1 Å². The molecular weight excluding hydrogens is 426 g/mol. The van der Waals surface area contributed by atoms with Crippen LogP contribution in [0.25, 0.3) is 11.1 Å². The third kappa shape index (κ3) is 4.43. The summed E-state index contributed by atoms with van der Waals surface area (Å²) in [5.74, 6) is 1.10. The summed E-state index contributed by atoms with van der Waals surface area (Å²) in [7, 11) is 0. The van der Waals surface area contributed by atoms with E-state index in [0.29, 0.717) is 23.8 Å². The zero-order valence-electron chi connectivity index (χ0n) is 19.0. The van der Waals surface area contributed by atoms with Gasteiger partial charge in [0.15, 0.2) is 0 Å². The van der Waals surface area contributed by atoms with Crippen molar-refractivity contribution in [2.45, 2.75) is 45.3 Å². The van der Waals surface area contributed by atoms with Crippen LogP contribution in [0.15, 0.2) is 42.5 Å². The fourth-order valence-corrected chi connectivity index (χ4v) is 5.31. The van der Waals surface area contributed by atoms with Crippen molar-refractivity contribution in [1.82, 2.24) is 10.2 Å². The Labute approximate surface area is 193 Å². The Morgan fingerprint density at radius 2 is 1.91 bits per heavy atom. The monoisotopic (exact) mass is 456 g/mol. The highest BCUT2D eigenvalue weighted by Gasteiger charge is 2.41. The molecule has 6 rings (SSSR count). The van der Waals surface area contributed by atoms with E-state index >= 15 is 0 Å². The van der Waals surface area contributed by atoms with Gasteiger partial charge in [-0.1, -0.05) is 44.2 Å². The maximum absolute atomic E-state index is 13.1. The molecule has 7 heteroatoms. The van der Waals surface area contributed by atoms with Crippen molar-refractivity contribution in [2.75, 3.05) is 26.2 Å². The highest BCUT2D eigenvalue weighted by Crippen LogP contribution is 2.44. The lowest BCUT2D eigenvalue weighted by atomic mass is 9.78. The van der Waals surface area contributed by atoms with E-state index in [0.717, 1.165) is 43.6 Å². The second kappa shape index (κ2) is 8.60. The van der Waals surface area contributed by atoms with Gasteiger partial charge < -0.3 is 14.8 Å². The number of carbonyl (C=O) groups is 1. The van der Waals surface area contributed by atoms with Crippen molar-refractivity contribution in [2.24, 2.45) is 11.3 Å². The first-order chi connectivity index (χ1) is 15.8. The number of halogens is 2. The van der Waals surface area contributed by atoms with Gasteiger partial charge in [-0.3, -0.25) is 4.90 Å². The fourth-order valence-electron chi connectivity index (χ4n) is 5.31. The molecule has 176 valence electrons. The lowest BCUT2D eigenvalue weighted by Crippen LogP contribution is -2.53. The van der Waals surface area contributed by atoms with Gasteiger partial charge in [-0.05, 0) is 55.1 Å². The van der Waals surface area contributed by atoms with Gasteiger partial charge in [0, 0.05) is 23.1 Å². The number of benzene rings is 2. The summed E-state index contributed by atoms with van der Waals surface area (Å²) in [6.45, 7) is 7.52. The molecule has 2 atom stereocenters. The molecule has 4 heterocycles. The zero-order valence-corrected chi connectivity index (χ0v) is 19.0. The molecule has 3 saturated heterocycles. The Hall–Kier alpha value is -2.67. The first-order valence-electron chi connectivity index (χ1n) is 11.6. The average molecular weight is 457 g/mol. The van der Waals surface area contributed by atoms with Crippen LogP contribution in [-0.2, 0) is 4.74 Å². The summed E-state index contributed by atoms with van der Waals surface area (Å²) in [5.41, 5.74) is 2.02. The van der Waals surface area contributed by atoms with Crippen LogP contribution in [0.2, 0.25) is 0 Å². The van der Waals surface area contributed by atoms with E-state index in [1.165, 1.54) is 12.1 Å². The third-order valence-electron chi connectivity index (χ3n) is 7.29. The molecule has 2 aromatic rings. The molecule has 0 aliphatic carbocycles. The van der Waals surface area contributed by atoms with Crippen LogP contribution in [0, 0.1) is 11.3 Å². The molecule has 0 aromatic heterocycles. The second-order valence-electron chi connectivity index (χ2n) is 10.1. The van der Waals surface area contributed by atoms with Gasteiger partial charge in [-0.15, -0.1) is 0 Å². The van der Waals surface area contributed by atoms with Crippen molar-refractivity contribution in [3.05, 3.63) is 53.6 Å². The smallest absolute Gasteiger partial charge is 0.407 e. The molecule has 0 saturated carbocycles. The van der Waals surface area contributed by atoms with E-state index in [9.17, 15) is 13.6 Å². The summed E-state index contributed by atoms with van der Waals surface area (Å²) in [4.78, 5) is 15.2. The van der Waals surface area contributed by atoms with Crippen LogP contribution >= 0.6 is 0 Å². The highest BCUT2D eigenvalue weighted by molar-refractivity contribution is 5.70. The maximum atomic E-state index is 13.1. The minimum absolute atomic E-state index is 0.0118. The number of nitrogens with zero attached hydrogens (tertiary/aromatic N) is 1. The maximum Gasteiger partial charge on any atom is 0.407 e. The first-order valence-corrected chi connectivity index (χ1v) is 11.6. The van der Waals surface area contributed by atoms with Crippen molar-refractivity contribution in [1.29, 1.82) is 0 Å². The molecular formula is C26H30F2N2O3. The van der Waals surface area contributed by atoms with E-state index in [4.69, 9.17) is 9.47 Å². The Balaban J connectivity index is 1.35. The Kier molecular flexibility index (Phi) is 5.77. The zero-order chi connectivity index (χ0) is 23.2. The van der Waals surface area contributed by atoms with Crippen LogP contribution in [0.1, 0.15) is 50.3 Å². The SMILES string of the molecule is CC1(C)COc2cc(-c3cccc(C(F)F)c3)ccc2C1NC(=O)O[C@H]1CN2CCC1CC2. The predicted molar refractivity (Wildman–Crippen MR) is 121 cm³/mol. The Morgan fingerprint density at radius 3 is 2.61 bits per heavy atom. The largest absolute Gasteiger partial charge is 0.493 e. The summed E-state index contributed by atoms with van der Waals surface area (Å²) in [5, 5.41) is 3.10. The van der Waals surface area contributed by atoms with Crippen molar-refractivity contribution < 1.29 is 23.0 Å². The Bertz CT molecular complexity index is 1030. The molecule has 2 bridgehead atoms. The van der Waals surface area contributed by atoms with Crippen molar-refractivity contribution >= 4 is 6.09 Å². The van der Waals surface area contributed by atoms with Crippen molar-refractivity contribution in [3.8, 4) is 16.9 Å². The lowest BCUT2D eigenvalue weighted by Gasteiger charge is -2.44. The number of hydrogen-bond donors (Lipinski definition) is 1. The van der Waals surface area contributed by atoms with Crippen LogP contribution in [0.4, 0.5) is 13.6 Å². The molecule has 1 amide bonds. The standard InChI is InChI=1S/C26H30F2N2O3/c1-26(2)15-32-21-13-18(17-4-3-5-19(12-17)24(27)28)6-7-20(21)23(26)29-25(31)33-22-14-30-10-8-16(22)9-11-30/h3-7,12-13,16,22-24H,8-11,14-15H2,1-2H3,(H,29,31)/t22-,23?/m0/s1. The topological polar surface area (TPSA) is 50.8 Å². The molecule has 5 nitrogen and oxygen atoms in total. The minimum Gasteiger partial charge on any atom is -0.493 e. The van der Waals surface area contributed by atoms with Crippen molar-refractivity contribution in [3.63, 3.8) is 0 Å². The van der Waals surface area contributed by atoms with Gasteiger partial charge in [0.05, 0.1) is 12.6 Å². The minimum atomic E-state index is -2.52. The number of fused-ring (bicyclic) bond motifs is 4. The number of amides is 1. The number of rotatable bonds is 4. The number of ether oxygens (including phenoxy) is 2. The number of alkyl carbamates (subject to hydrolysis) is 1. The van der Waals surface area contributed by atoms with Gasteiger partial charge in [-0.2, -0.15) is 0 Å². The van der Waals surface area contributed by atoms with Gasteiger partial charge >= 0.3 is 6.09 Å². The van der Waals surface area contributed by atoms with Crippen LogP contribution in [-0.4, -0.2) is 43.3 Å². The van der Waals surface area contributed by atoms with E-state index in [1.807, 2.05) is 18.2 Å². The molecule has 4 aliphatic heterocycles. The molecule has 1 unspecified atom stereocenters. The summed E-state index contributed by atoms with van der Waals surface area (Å²) in [6, 6.07) is 11.8. The van der Waals surface area contributed by atoms with Gasteiger partial charge in [0.25, 0.3) is 6.43 Å². The Morgan fingerprint density at radius 1 is 1.15 bits per heavy atom. The normalized spacial score (nSPS) is 27.5. The quantitative estimate of drug-likeness (QED) is 0.653. The number of alkyl halides is 2. The lowest BCUT2D eigenvalue weighted by molar-refractivity contribution is -0.0361. The van der Waals surface area contributed by atoms with Crippen LogP contribution in [0.5, 0.6) is 5.75 Å². The number of carbonyl (C=O) groups excluding carboxylic acids is 1. The predicted octanol–water partition coefficient (Wildman–Crippen LogP) is 5.57. The second-order valence-corrected chi connectivity index (χ2v) is 10.1. The number of nitrogens with one attached hydrogen (secondary N) is 1. The van der Waals surface area contributed by atoms with Gasteiger partial charge in [-0.25, -0.2) is 13.6 Å². The summed E-state index contributed by atoms with van der Waals surface area (Å²) < 4.78 is 38.2.